The van der Waals surface area contributed by atoms with E-state index in [1.165, 1.54) is 28.2 Å². The first-order valence-electron chi connectivity index (χ1n) is 12.0. The highest BCUT2D eigenvalue weighted by Crippen LogP contribution is 2.26. The van der Waals surface area contributed by atoms with Gasteiger partial charge in [0.2, 0.25) is 15.9 Å². The van der Waals surface area contributed by atoms with Crippen molar-refractivity contribution in [2.45, 2.75) is 52.0 Å². The molecule has 2 heterocycles. The molecule has 1 aliphatic rings. The monoisotopic (exact) mass is 514 g/mol. The van der Waals surface area contributed by atoms with Gasteiger partial charge in [-0.25, -0.2) is 13.4 Å². The van der Waals surface area contributed by atoms with E-state index in [-0.39, 0.29) is 16.7 Å². The Balaban J connectivity index is 1.48. The molecule has 1 atom stereocenters. The van der Waals surface area contributed by atoms with E-state index in [2.05, 4.69) is 46.7 Å². The van der Waals surface area contributed by atoms with Crippen LogP contribution in [-0.2, 0) is 14.8 Å². The van der Waals surface area contributed by atoms with Gasteiger partial charge in [0.1, 0.15) is 6.04 Å². The molecule has 1 aliphatic heterocycles. The van der Waals surface area contributed by atoms with Crippen LogP contribution >= 0.6 is 11.3 Å². The minimum absolute atomic E-state index is 0.155. The van der Waals surface area contributed by atoms with E-state index in [1.807, 2.05) is 20.8 Å². The van der Waals surface area contributed by atoms with Crippen LogP contribution in [0.3, 0.4) is 0 Å². The molecule has 188 valence electrons. The Hall–Kier alpha value is -2.49. The van der Waals surface area contributed by atoms with Crippen molar-refractivity contribution in [1.82, 2.24) is 14.6 Å². The molecule has 0 aliphatic carbocycles. The van der Waals surface area contributed by atoms with Crippen molar-refractivity contribution in [1.29, 1.82) is 0 Å². The highest BCUT2D eigenvalue weighted by Gasteiger charge is 2.32. The number of aromatic nitrogens is 1. The lowest BCUT2D eigenvalue weighted by molar-refractivity contribution is -0.133. The molecule has 0 unspecified atom stereocenters. The maximum absolute atomic E-state index is 13.5. The first-order valence-corrected chi connectivity index (χ1v) is 14.3. The third kappa shape index (κ3) is 5.85. The summed E-state index contributed by atoms with van der Waals surface area (Å²) in [5.74, 6) is 0.00658. The van der Waals surface area contributed by atoms with Crippen LogP contribution in [0, 0.1) is 26.7 Å². The lowest BCUT2D eigenvalue weighted by atomic mass is 10.0. The fourth-order valence-electron chi connectivity index (χ4n) is 4.56. The number of hydrogen-bond donors (Lipinski definition) is 1. The van der Waals surface area contributed by atoms with Crippen molar-refractivity contribution < 1.29 is 13.2 Å². The highest BCUT2D eigenvalue weighted by atomic mass is 32.2. The number of nitrogens with one attached hydrogen (secondary N) is 1. The molecule has 0 saturated carbocycles. The zero-order chi connectivity index (χ0) is 25.3. The van der Waals surface area contributed by atoms with Gasteiger partial charge < -0.3 is 9.80 Å². The van der Waals surface area contributed by atoms with Crippen LogP contribution in [0.15, 0.2) is 41.3 Å². The maximum Gasteiger partial charge on any atom is 0.241 e. The van der Waals surface area contributed by atoms with Gasteiger partial charge in [-0.1, -0.05) is 26.0 Å². The molecule has 1 saturated heterocycles. The van der Waals surface area contributed by atoms with Crippen molar-refractivity contribution >= 4 is 43.2 Å². The summed E-state index contributed by atoms with van der Waals surface area (Å²) < 4.78 is 30.1. The first kappa shape index (κ1) is 25.6. The van der Waals surface area contributed by atoms with Gasteiger partial charge in [0.05, 0.1) is 20.1 Å². The predicted molar refractivity (Wildman–Crippen MR) is 143 cm³/mol. The zero-order valence-corrected chi connectivity index (χ0v) is 22.7. The Morgan fingerprint density at radius 2 is 1.77 bits per heavy atom. The summed E-state index contributed by atoms with van der Waals surface area (Å²) >= 11 is 1.46. The average Bonchev–Trinajstić information content (AvgIpc) is 3.18. The molecule has 2 aromatic carbocycles. The number of anilines is 1. The summed E-state index contributed by atoms with van der Waals surface area (Å²) in [6.07, 6.45) is 0.442. The van der Waals surface area contributed by atoms with Crippen LogP contribution in [-0.4, -0.2) is 56.4 Å². The van der Waals surface area contributed by atoms with Crippen molar-refractivity contribution in [2.24, 2.45) is 5.92 Å². The summed E-state index contributed by atoms with van der Waals surface area (Å²) in [4.78, 5) is 22.2. The SMILES string of the molecule is Cc1ccc(C)c(N2CCN(C(=O)[C@@H](CC(C)C)NS(=O)(=O)c3ccc4nc(C)sc4c3)CC2)c1. The van der Waals surface area contributed by atoms with Crippen molar-refractivity contribution in [3.63, 3.8) is 0 Å². The molecule has 0 spiro atoms. The number of rotatable bonds is 7. The molecule has 7 nitrogen and oxygen atoms in total. The first-order chi connectivity index (χ1) is 16.5. The van der Waals surface area contributed by atoms with Crippen LogP contribution in [0.4, 0.5) is 5.69 Å². The van der Waals surface area contributed by atoms with E-state index in [0.29, 0.717) is 19.5 Å². The lowest BCUT2D eigenvalue weighted by Crippen LogP contribution is -2.55. The normalized spacial score (nSPS) is 15.7. The molecule has 1 fully saturated rings. The molecule has 1 aromatic heterocycles. The van der Waals surface area contributed by atoms with Crippen LogP contribution in [0.25, 0.3) is 10.2 Å². The summed E-state index contributed by atoms with van der Waals surface area (Å²) in [7, 11) is -3.86. The summed E-state index contributed by atoms with van der Waals surface area (Å²) in [5, 5.41) is 0.885. The van der Waals surface area contributed by atoms with Crippen molar-refractivity contribution in [2.75, 3.05) is 31.1 Å². The molecule has 1 N–H and O–H groups in total. The molecule has 9 heteroatoms. The molecule has 1 amide bonds. The molecule has 35 heavy (non-hydrogen) atoms. The lowest BCUT2D eigenvalue weighted by Gasteiger charge is -2.38. The Bertz CT molecular complexity index is 1330. The van der Waals surface area contributed by atoms with Gasteiger partial charge in [-0.15, -0.1) is 11.3 Å². The maximum atomic E-state index is 13.5. The van der Waals surface area contributed by atoms with E-state index in [9.17, 15) is 13.2 Å². The smallest absolute Gasteiger partial charge is 0.241 e. The highest BCUT2D eigenvalue weighted by molar-refractivity contribution is 7.89. The minimum atomic E-state index is -3.86. The number of benzene rings is 2. The second kappa shape index (κ2) is 10.2. The second-order valence-electron chi connectivity index (χ2n) is 9.77. The van der Waals surface area contributed by atoms with Crippen LogP contribution in [0.5, 0.6) is 0 Å². The third-order valence-electron chi connectivity index (χ3n) is 6.38. The van der Waals surface area contributed by atoms with Crippen molar-refractivity contribution in [3.8, 4) is 0 Å². The Morgan fingerprint density at radius 3 is 2.46 bits per heavy atom. The van der Waals surface area contributed by atoms with Crippen LogP contribution < -0.4 is 9.62 Å². The second-order valence-corrected chi connectivity index (χ2v) is 12.7. The number of sulfonamides is 1. The number of hydrogen-bond acceptors (Lipinski definition) is 6. The summed E-state index contributed by atoms with van der Waals surface area (Å²) in [5.41, 5.74) is 4.41. The standard InChI is InChI=1S/C26H34N4O3S2/c1-17(2)14-23(28-35(32,33)21-8-9-22-25(16-21)34-20(5)27-22)26(31)30-12-10-29(11-13-30)24-15-18(3)6-7-19(24)4/h6-9,15-17,23,28H,10-14H2,1-5H3/t23-/m1/s1. The number of carbonyl (C=O) groups excluding carboxylic acids is 1. The Kier molecular flexibility index (Phi) is 7.49. The molecular formula is C26H34N4O3S2. The molecular weight excluding hydrogens is 480 g/mol. The number of fused-ring (bicyclic) bond motifs is 1. The number of amides is 1. The van der Waals surface area contributed by atoms with Gasteiger partial charge in [-0.2, -0.15) is 4.72 Å². The number of nitrogens with zero attached hydrogens (tertiary/aromatic N) is 3. The summed E-state index contributed by atoms with van der Waals surface area (Å²) in [6, 6.07) is 10.5. The summed E-state index contributed by atoms with van der Waals surface area (Å²) in [6.45, 7) is 12.6. The Morgan fingerprint density at radius 1 is 1.06 bits per heavy atom. The van der Waals surface area contributed by atoms with E-state index in [0.717, 1.165) is 28.3 Å². The number of aryl methyl sites for hydroxylation is 3. The number of carbonyl (C=O) groups is 1. The van der Waals surface area contributed by atoms with Crippen LogP contribution in [0.2, 0.25) is 0 Å². The zero-order valence-electron chi connectivity index (χ0n) is 21.0. The van der Waals surface area contributed by atoms with Gasteiger partial charge in [0.15, 0.2) is 0 Å². The van der Waals surface area contributed by atoms with Crippen molar-refractivity contribution in [3.05, 3.63) is 52.5 Å². The van der Waals surface area contributed by atoms with Gasteiger partial charge in [0.25, 0.3) is 0 Å². The molecule has 4 rings (SSSR count). The van der Waals surface area contributed by atoms with E-state index in [4.69, 9.17) is 0 Å². The predicted octanol–water partition coefficient (Wildman–Crippen LogP) is 4.26. The van der Waals surface area contributed by atoms with Gasteiger partial charge in [-0.3, -0.25) is 4.79 Å². The molecule has 0 radical (unpaired) electrons. The fraction of sp³-hybridized carbons (Fsp3) is 0.462. The van der Waals surface area contributed by atoms with E-state index < -0.39 is 16.1 Å². The molecule has 3 aromatic rings. The average molecular weight is 515 g/mol. The third-order valence-corrected chi connectivity index (χ3v) is 8.78. The number of piperazine rings is 1. The topological polar surface area (TPSA) is 82.6 Å². The van der Waals surface area contributed by atoms with Gasteiger partial charge in [-0.05, 0) is 68.5 Å². The molecule has 0 bridgehead atoms. The van der Waals surface area contributed by atoms with Gasteiger partial charge in [0, 0.05) is 31.9 Å². The Labute approximate surface area is 212 Å². The quantitative estimate of drug-likeness (QED) is 0.509. The van der Waals surface area contributed by atoms with Crippen LogP contribution in [0.1, 0.15) is 36.4 Å². The van der Waals surface area contributed by atoms with Gasteiger partial charge >= 0.3 is 0 Å². The van der Waals surface area contributed by atoms with E-state index in [1.54, 1.807) is 23.1 Å². The number of thiazole rings is 1. The minimum Gasteiger partial charge on any atom is -0.368 e. The fourth-order valence-corrected chi connectivity index (χ4v) is 6.73. The largest absolute Gasteiger partial charge is 0.368 e. The van der Waals surface area contributed by atoms with E-state index >= 15 is 0 Å².